The van der Waals surface area contributed by atoms with Crippen LogP contribution in [0.15, 0.2) is 24.3 Å². The van der Waals surface area contributed by atoms with Gasteiger partial charge in [0.2, 0.25) is 0 Å². The van der Waals surface area contributed by atoms with Crippen molar-refractivity contribution >= 4 is 23.6 Å². The van der Waals surface area contributed by atoms with Gasteiger partial charge in [0.15, 0.2) is 6.04 Å². The van der Waals surface area contributed by atoms with Gasteiger partial charge in [-0.2, -0.15) is 0 Å². The summed E-state index contributed by atoms with van der Waals surface area (Å²) >= 11 is 5.96. The van der Waals surface area contributed by atoms with Crippen LogP contribution in [0.4, 0.5) is 4.79 Å². The second kappa shape index (κ2) is 7.75. The molecule has 0 aliphatic carbocycles. The molecule has 0 bridgehead atoms. The zero-order chi connectivity index (χ0) is 15.1. The van der Waals surface area contributed by atoms with E-state index >= 15 is 0 Å². The quantitative estimate of drug-likeness (QED) is 0.755. The summed E-state index contributed by atoms with van der Waals surface area (Å²) in [6.07, 6.45) is 0.831. The third-order valence-corrected chi connectivity index (χ3v) is 3.09. The normalized spacial score (nSPS) is 12.0. The van der Waals surface area contributed by atoms with Crippen molar-refractivity contribution in [2.75, 3.05) is 6.54 Å². The van der Waals surface area contributed by atoms with Gasteiger partial charge in [-0.05, 0) is 18.4 Å². The number of hydrogen-bond donors (Lipinski definition) is 3. The van der Waals surface area contributed by atoms with Gasteiger partial charge in [-0.3, -0.25) is 0 Å². The number of halogens is 1. The summed E-state index contributed by atoms with van der Waals surface area (Å²) in [7, 11) is 0. The molecular weight excluding hydrogens is 280 g/mol. The first-order valence-corrected chi connectivity index (χ1v) is 6.81. The number of rotatable bonds is 6. The third-order valence-electron chi connectivity index (χ3n) is 2.75. The predicted molar refractivity (Wildman–Crippen MR) is 77.8 cm³/mol. The van der Waals surface area contributed by atoms with Crippen molar-refractivity contribution < 1.29 is 14.7 Å². The summed E-state index contributed by atoms with van der Waals surface area (Å²) in [6, 6.07) is 4.87. The molecule has 2 amide bonds. The molecule has 5 nitrogen and oxygen atoms in total. The number of nitrogens with one attached hydrogen (secondary N) is 2. The van der Waals surface area contributed by atoms with Crippen LogP contribution in [0.2, 0.25) is 5.02 Å². The Morgan fingerprint density at radius 3 is 2.50 bits per heavy atom. The number of carbonyl (C=O) groups is 2. The highest BCUT2D eigenvalue weighted by Gasteiger charge is 2.23. The third kappa shape index (κ3) is 5.09. The molecule has 1 atom stereocenters. The number of carboxylic acid groups (broad SMARTS) is 1. The lowest BCUT2D eigenvalue weighted by molar-refractivity contribution is -0.139. The number of amides is 2. The van der Waals surface area contributed by atoms with E-state index < -0.39 is 18.0 Å². The first kappa shape index (κ1) is 16.3. The molecule has 1 aromatic carbocycles. The highest BCUT2D eigenvalue weighted by molar-refractivity contribution is 6.31. The first-order chi connectivity index (χ1) is 9.41. The molecule has 1 aromatic rings. The number of benzene rings is 1. The van der Waals surface area contributed by atoms with Crippen LogP contribution < -0.4 is 10.6 Å². The second-order valence-electron chi connectivity index (χ2n) is 4.88. The molecule has 0 radical (unpaired) electrons. The number of carboxylic acids is 1. The average Bonchev–Trinajstić information content (AvgIpc) is 2.36. The van der Waals surface area contributed by atoms with Crippen molar-refractivity contribution in [1.82, 2.24) is 10.6 Å². The average molecular weight is 299 g/mol. The Hall–Kier alpha value is -1.75. The molecular formula is C14H19ClN2O3. The van der Waals surface area contributed by atoms with E-state index in [1.807, 2.05) is 13.8 Å². The molecule has 0 heterocycles. The zero-order valence-electron chi connectivity index (χ0n) is 11.5. The Morgan fingerprint density at radius 1 is 1.30 bits per heavy atom. The van der Waals surface area contributed by atoms with E-state index in [4.69, 9.17) is 11.6 Å². The predicted octanol–water partition coefficient (Wildman–Crippen LogP) is 2.81. The molecule has 0 aliphatic heterocycles. The number of urea groups is 1. The molecule has 3 N–H and O–H groups in total. The highest BCUT2D eigenvalue weighted by atomic mass is 35.5. The lowest BCUT2D eigenvalue weighted by Gasteiger charge is -2.17. The van der Waals surface area contributed by atoms with E-state index in [0.29, 0.717) is 23.0 Å². The van der Waals surface area contributed by atoms with Gasteiger partial charge in [0.1, 0.15) is 0 Å². The molecule has 0 fully saturated rings. The van der Waals surface area contributed by atoms with E-state index in [-0.39, 0.29) is 0 Å². The summed E-state index contributed by atoms with van der Waals surface area (Å²) in [5.41, 5.74) is 0.362. The van der Waals surface area contributed by atoms with Crippen molar-refractivity contribution in [3.63, 3.8) is 0 Å². The Bertz CT molecular complexity index is 477. The molecule has 0 spiro atoms. The lowest BCUT2D eigenvalue weighted by atomic mass is 10.1. The fourth-order valence-corrected chi connectivity index (χ4v) is 1.88. The molecule has 0 unspecified atom stereocenters. The molecule has 6 heteroatoms. The second-order valence-corrected chi connectivity index (χ2v) is 5.28. The van der Waals surface area contributed by atoms with Crippen LogP contribution in [0, 0.1) is 5.92 Å². The van der Waals surface area contributed by atoms with Gasteiger partial charge in [-0.25, -0.2) is 9.59 Å². The van der Waals surface area contributed by atoms with Crippen molar-refractivity contribution in [3.05, 3.63) is 34.9 Å². The van der Waals surface area contributed by atoms with Crippen molar-refractivity contribution in [2.24, 2.45) is 5.92 Å². The van der Waals surface area contributed by atoms with Gasteiger partial charge >= 0.3 is 12.0 Å². The zero-order valence-corrected chi connectivity index (χ0v) is 12.3. The Morgan fingerprint density at radius 2 is 1.95 bits per heavy atom. The van der Waals surface area contributed by atoms with Crippen LogP contribution in [-0.2, 0) is 4.79 Å². The van der Waals surface area contributed by atoms with Gasteiger partial charge in [-0.1, -0.05) is 43.6 Å². The van der Waals surface area contributed by atoms with Crippen molar-refractivity contribution in [1.29, 1.82) is 0 Å². The molecule has 0 saturated carbocycles. The number of hydrogen-bond acceptors (Lipinski definition) is 2. The van der Waals surface area contributed by atoms with Crippen LogP contribution >= 0.6 is 11.6 Å². The van der Waals surface area contributed by atoms with Crippen LogP contribution in [0.1, 0.15) is 31.9 Å². The molecule has 0 saturated heterocycles. The van der Waals surface area contributed by atoms with Crippen LogP contribution in [-0.4, -0.2) is 23.7 Å². The Labute approximate surface area is 123 Å². The molecule has 1 rings (SSSR count). The maximum absolute atomic E-state index is 11.7. The fourth-order valence-electron chi connectivity index (χ4n) is 1.64. The van der Waals surface area contributed by atoms with Crippen molar-refractivity contribution in [2.45, 2.75) is 26.3 Å². The molecule has 0 aliphatic rings. The number of carbonyl (C=O) groups excluding carboxylic acids is 1. The van der Waals surface area contributed by atoms with Gasteiger partial charge < -0.3 is 15.7 Å². The van der Waals surface area contributed by atoms with Gasteiger partial charge in [0, 0.05) is 17.1 Å². The topological polar surface area (TPSA) is 78.4 Å². The maximum Gasteiger partial charge on any atom is 0.331 e. The highest BCUT2D eigenvalue weighted by Crippen LogP contribution is 2.22. The smallest absolute Gasteiger partial charge is 0.331 e. The summed E-state index contributed by atoms with van der Waals surface area (Å²) in [4.78, 5) is 23.0. The molecule has 110 valence electrons. The summed E-state index contributed by atoms with van der Waals surface area (Å²) in [5.74, 6) is -0.689. The van der Waals surface area contributed by atoms with Gasteiger partial charge in [0.05, 0.1) is 0 Å². The Balaban J connectivity index is 2.67. The number of aliphatic carboxylic acids is 1. The first-order valence-electron chi connectivity index (χ1n) is 6.43. The van der Waals surface area contributed by atoms with E-state index in [2.05, 4.69) is 10.6 Å². The summed E-state index contributed by atoms with van der Waals surface area (Å²) < 4.78 is 0. The summed E-state index contributed by atoms with van der Waals surface area (Å²) in [6.45, 7) is 4.59. The standard InChI is InChI=1S/C14H19ClN2O3/c1-9(2)7-8-16-14(20)17-12(13(18)19)10-5-3-4-6-11(10)15/h3-6,9,12H,7-8H2,1-2H3,(H,18,19)(H2,16,17,20)/t12-/m1/s1. The minimum Gasteiger partial charge on any atom is -0.479 e. The minimum atomic E-state index is -1.16. The monoisotopic (exact) mass is 298 g/mol. The van der Waals surface area contributed by atoms with Gasteiger partial charge in [0.25, 0.3) is 0 Å². The lowest BCUT2D eigenvalue weighted by Crippen LogP contribution is -2.41. The Kier molecular flexibility index (Phi) is 6.31. The summed E-state index contributed by atoms with van der Waals surface area (Å²) in [5, 5.41) is 14.6. The van der Waals surface area contributed by atoms with Crippen molar-refractivity contribution in [3.8, 4) is 0 Å². The fraction of sp³-hybridized carbons (Fsp3) is 0.429. The molecule has 0 aromatic heterocycles. The largest absolute Gasteiger partial charge is 0.479 e. The minimum absolute atomic E-state index is 0.308. The van der Waals surface area contributed by atoms with Gasteiger partial charge in [-0.15, -0.1) is 0 Å². The van der Waals surface area contributed by atoms with Crippen LogP contribution in [0.25, 0.3) is 0 Å². The van der Waals surface area contributed by atoms with Crippen LogP contribution in [0.3, 0.4) is 0 Å². The van der Waals surface area contributed by atoms with E-state index in [0.717, 1.165) is 6.42 Å². The molecule has 20 heavy (non-hydrogen) atoms. The van der Waals surface area contributed by atoms with E-state index in [1.165, 1.54) is 0 Å². The van der Waals surface area contributed by atoms with Crippen LogP contribution in [0.5, 0.6) is 0 Å². The van der Waals surface area contributed by atoms with E-state index in [9.17, 15) is 14.7 Å². The SMILES string of the molecule is CC(C)CCNC(=O)N[C@@H](C(=O)O)c1ccccc1Cl. The maximum atomic E-state index is 11.7. The van der Waals surface area contributed by atoms with E-state index in [1.54, 1.807) is 24.3 Å².